The summed E-state index contributed by atoms with van der Waals surface area (Å²) in [5.74, 6) is 0.545. The molecule has 1 aliphatic heterocycles. The van der Waals surface area contributed by atoms with Crippen molar-refractivity contribution >= 4 is 29.2 Å². The van der Waals surface area contributed by atoms with Crippen LogP contribution in [-0.2, 0) is 0 Å². The molecule has 1 aliphatic rings. The van der Waals surface area contributed by atoms with E-state index in [4.69, 9.17) is 16.6 Å². The van der Waals surface area contributed by atoms with Gasteiger partial charge in [0.1, 0.15) is 0 Å². The van der Waals surface area contributed by atoms with Crippen LogP contribution in [0.2, 0.25) is 5.02 Å². The second-order valence-electron chi connectivity index (χ2n) is 8.07. The van der Waals surface area contributed by atoms with Gasteiger partial charge in [-0.25, -0.2) is 0 Å². The van der Waals surface area contributed by atoms with Gasteiger partial charge in [0.25, 0.3) is 0 Å². The van der Waals surface area contributed by atoms with Crippen molar-refractivity contribution in [3.63, 3.8) is 0 Å². The van der Waals surface area contributed by atoms with E-state index in [1.54, 1.807) is 0 Å². The quantitative estimate of drug-likeness (QED) is 0.542. The van der Waals surface area contributed by atoms with Gasteiger partial charge in [-0.3, -0.25) is 4.99 Å². The molecule has 1 atom stereocenters. The van der Waals surface area contributed by atoms with E-state index in [9.17, 15) is 0 Å². The second kappa shape index (κ2) is 7.08. The van der Waals surface area contributed by atoms with E-state index in [1.807, 2.05) is 31.3 Å². The summed E-state index contributed by atoms with van der Waals surface area (Å²) >= 11 is 6.22. The molecule has 0 bridgehead atoms. The lowest BCUT2D eigenvalue weighted by Gasteiger charge is -2.47. The average Bonchev–Trinajstić information content (AvgIpc) is 2.56. The van der Waals surface area contributed by atoms with Gasteiger partial charge in [-0.05, 0) is 93.5 Å². The third-order valence-corrected chi connectivity index (χ3v) is 6.08. The molecule has 0 N–H and O–H groups in total. The number of rotatable bonds is 3. The molecule has 0 radical (unpaired) electrons. The zero-order chi connectivity index (χ0) is 19.1. The van der Waals surface area contributed by atoms with Crippen LogP contribution in [0.1, 0.15) is 62.3 Å². The summed E-state index contributed by atoms with van der Waals surface area (Å²) in [5.41, 5.74) is 7.40. The van der Waals surface area contributed by atoms with Gasteiger partial charge < -0.3 is 4.90 Å². The van der Waals surface area contributed by atoms with Crippen molar-refractivity contribution in [2.24, 2.45) is 4.99 Å². The number of aryl methyl sites for hydroxylation is 1. The molecule has 0 saturated heterocycles. The van der Waals surface area contributed by atoms with Crippen LogP contribution >= 0.6 is 11.6 Å². The Labute approximate surface area is 162 Å². The molecule has 3 rings (SSSR count). The molecule has 0 aromatic heterocycles. The van der Waals surface area contributed by atoms with E-state index >= 15 is 0 Å². The molecule has 0 spiro atoms. The zero-order valence-electron chi connectivity index (χ0n) is 16.7. The maximum absolute atomic E-state index is 6.22. The monoisotopic (exact) mass is 368 g/mol. The molecule has 2 aromatic carbocycles. The molecular formula is C23H29ClN2. The first-order valence-electron chi connectivity index (χ1n) is 9.46. The van der Waals surface area contributed by atoms with Crippen LogP contribution in [0.3, 0.4) is 0 Å². The number of anilines is 1. The Kier molecular flexibility index (Phi) is 5.16. The fourth-order valence-corrected chi connectivity index (χ4v) is 4.43. The molecular weight excluding hydrogens is 340 g/mol. The Balaban J connectivity index is 2.03. The number of aliphatic imine (C=N–C) groups is 1. The Hall–Kier alpha value is -1.80. The van der Waals surface area contributed by atoms with E-state index in [-0.39, 0.29) is 5.54 Å². The number of hydrogen-bond donors (Lipinski definition) is 0. The van der Waals surface area contributed by atoms with Crippen LogP contribution in [0.15, 0.2) is 35.3 Å². The van der Waals surface area contributed by atoms with Crippen LogP contribution in [0.25, 0.3) is 0 Å². The highest BCUT2D eigenvalue weighted by Gasteiger charge is 2.35. The highest BCUT2D eigenvalue weighted by molar-refractivity contribution is 6.31. The maximum atomic E-state index is 6.22. The molecule has 0 aliphatic carbocycles. The number of nitrogens with zero attached hydrogens (tertiary/aromatic N) is 2. The Morgan fingerprint density at radius 1 is 1.27 bits per heavy atom. The van der Waals surface area contributed by atoms with Gasteiger partial charge in [0.15, 0.2) is 0 Å². The van der Waals surface area contributed by atoms with Crippen molar-refractivity contribution in [2.75, 3.05) is 11.4 Å². The summed E-state index contributed by atoms with van der Waals surface area (Å²) in [7, 11) is 0. The molecule has 1 heterocycles. The van der Waals surface area contributed by atoms with Gasteiger partial charge in [-0.2, -0.15) is 0 Å². The van der Waals surface area contributed by atoms with Gasteiger partial charge in [-0.15, -0.1) is 0 Å². The highest BCUT2D eigenvalue weighted by Crippen LogP contribution is 2.44. The average molecular weight is 369 g/mol. The second-order valence-corrected chi connectivity index (χ2v) is 8.48. The van der Waals surface area contributed by atoms with Crippen LogP contribution in [-0.4, -0.2) is 18.3 Å². The van der Waals surface area contributed by atoms with Crippen molar-refractivity contribution in [1.29, 1.82) is 0 Å². The van der Waals surface area contributed by atoms with E-state index in [1.165, 1.54) is 28.8 Å². The maximum Gasteiger partial charge on any atom is 0.0673 e. The lowest BCUT2D eigenvalue weighted by molar-refractivity contribution is 0.381. The standard InChI is InChI=1S/C23H29ClN2/c1-7-26-22-11-15(2)18(12-19(22)16(3)13-23(26,5)6)14-25-21-10-8-9-20(24)17(21)4/h8-12,14,16H,7,13H2,1-6H3. The predicted molar refractivity (Wildman–Crippen MR) is 115 cm³/mol. The fraction of sp³-hybridized carbons (Fsp3) is 0.435. The first-order valence-corrected chi connectivity index (χ1v) is 9.83. The van der Waals surface area contributed by atoms with Crippen molar-refractivity contribution in [1.82, 2.24) is 0 Å². The van der Waals surface area contributed by atoms with Gasteiger partial charge in [0.2, 0.25) is 0 Å². The zero-order valence-corrected chi connectivity index (χ0v) is 17.5. The first kappa shape index (κ1) is 19.0. The number of halogens is 1. The minimum atomic E-state index is 0.196. The van der Waals surface area contributed by atoms with Crippen molar-refractivity contribution in [2.45, 2.75) is 59.4 Å². The summed E-state index contributed by atoms with van der Waals surface area (Å²) in [6, 6.07) is 10.5. The van der Waals surface area contributed by atoms with Gasteiger partial charge >= 0.3 is 0 Å². The lowest BCUT2D eigenvalue weighted by atomic mass is 9.79. The summed E-state index contributed by atoms with van der Waals surface area (Å²) < 4.78 is 0. The minimum absolute atomic E-state index is 0.196. The van der Waals surface area contributed by atoms with Gasteiger partial charge in [-0.1, -0.05) is 24.6 Å². The topological polar surface area (TPSA) is 15.6 Å². The number of hydrogen-bond acceptors (Lipinski definition) is 2. The van der Waals surface area contributed by atoms with Gasteiger partial charge in [0, 0.05) is 29.0 Å². The SMILES string of the molecule is CCN1c2cc(C)c(C=Nc3cccc(Cl)c3C)cc2C(C)CC1(C)C. The first-order chi connectivity index (χ1) is 12.2. The van der Waals surface area contributed by atoms with Crippen LogP contribution in [0, 0.1) is 13.8 Å². The largest absolute Gasteiger partial charge is 0.366 e. The van der Waals surface area contributed by atoms with Crippen molar-refractivity contribution in [3.05, 3.63) is 57.6 Å². The van der Waals surface area contributed by atoms with E-state index in [0.717, 1.165) is 22.8 Å². The smallest absolute Gasteiger partial charge is 0.0673 e. The molecule has 3 heteroatoms. The highest BCUT2D eigenvalue weighted by atomic mass is 35.5. The summed E-state index contributed by atoms with van der Waals surface area (Å²) in [6.45, 7) is 14.5. The molecule has 26 heavy (non-hydrogen) atoms. The van der Waals surface area contributed by atoms with Crippen LogP contribution < -0.4 is 4.90 Å². The van der Waals surface area contributed by atoms with E-state index < -0.39 is 0 Å². The molecule has 2 nitrogen and oxygen atoms in total. The third-order valence-electron chi connectivity index (χ3n) is 5.67. The predicted octanol–water partition coefficient (Wildman–Crippen LogP) is 6.82. The third kappa shape index (κ3) is 3.40. The molecule has 138 valence electrons. The Morgan fingerprint density at radius 2 is 2.00 bits per heavy atom. The number of benzene rings is 2. The number of fused-ring (bicyclic) bond motifs is 1. The molecule has 1 unspecified atom stereocenters. The van der Waals surface area contributed by atoms with Crippen molar-refractivity contribution < 1.29 is 0 Å². The normalized spacial score (nSPS) is 19.0. The van der Waals surface area contributed by atoms with E-state index in [0.29, 0.717) is 5.92 Å². The lowest BCUT2D eigenvalue weighted by Crippen LogP contribution is -2.48. The molecule has 0 fully saturated rings. The molecule has 0 amide bonds. The Morgan fingerprint density at radius 3 is 2.69 bits per heavy atom. The minimum Gasteiger partial charge on any atom is -0.366 e. The summed E-state index contributed by atoms with van der Waals surface area (Å²) in [5, 5.41) is 0.760. The molecule has 2 aromatic rings. The summed E-state index contributed by atoms with van der Waals surface area (Å²) in [6.07, 6.45) is 3.15. The van der Waals surface area contributed by atoms with Crippen LogP contribution in [0.4, 0.5) is 11.4 Å². The van der Waals surface area contributed by atoms with Crippen molar-refractivity contribution in [3.8, 4) is 0 Å². The molecule has 0 saturated carbocycles. The van der Waals surface area contributed by atoms with E-state index in [2.05, 4.69) is 51.7 Å². The fourth-order valence-electron chi connectivity index (χ4n) is 4.26. The van der Waals surface area contributed by atoms with Gasteiger partial charge in [0.05, 0.1) is 5.69 Å². The van der Waals surface area contributed by atoms with Crippen LogP contribution in [0.5, 0.6) is 0 Å². The summed E-state index contributed by atoms with van der Waals surface area (Å²) in [4.78, 5) is 7.26. The Bertz CT molecular complexity index is 852.